The molecule has 14 heavy (non-hydrogen) atoms. The lowest BCUT2D eigenvalue weighted by Crippen LogP contribution is -2.29. The van der Waals surface area contributed by atoms with Crippen LogP contribution in [0.1, 0.15) is 6.42 Å². The molecule has 1 N–H and O–H groups in total. The summed E-state index contributed by atoms with van der Waals surface area (Å²) in [5.41, 5.74) is 4.31. The summed E-state index contributed by atoms with van der Waals surface area (Å²) in [4.78, 5) is 0. The maximum atomic E-state index is 7.83. The molecule has 0 aromatic heterocycles. The summed E-state index contributed by atoms with van der Waals surface area (Å²) in [6, 6.07) is 0. The van der Waals surface area contributed by atoms with Crippen LogP contribution in [0.15, 0.2) is 34.8 Å². The molecule has 0 saturated carbocycles. The zero-order valence-electron chi connectivity index (χ0n) is 9.01. The van der Waals surface area contributed by atoms with Gasteiger partial charge < -0.3 is 14.8 Å². The predicted octanol–water partition coefficient (Wildman–Crippen LogP) is 1.10. The van der Waals surface area contributed by atoms with Gasteiger partial charge in [-0.2, -0.15) is 0 Å². The smallest absolute Gasteiger partial charge is 0.160 e. The van der Waals surface area contributed by atoms with Gasteiger partial charge in [0, 0.05) is 18.5 Å². The quantitative estimate of drug-likeness (QED) is 0.623. The number of ether oxygens (including phenoxy) is 2. The number of allylic oxidation sites excluding steroid dienone is 2. The lowest BCUT2D eigenvalue weighted by Gasteiger charge is -2.28. The van der Waals surface area contributed by atoms with Crippen LogP contribution >= 0.6 is 0 Å². The maximum absolute atomic E-state index is 7.83. The second-order valence-electron chi connectivity index (χ2n) is 3.74. The minimum atomic E-state index is 0.574. The lowest BCUT2D eigenvalue weighted by atomic mass is 9.91. The Morgan fingerprint density at radius 3 is 3.29 bits per heavy atom. The number of nitrogens with one attached hydrogen (secondary N) is 1. The van der Waals surface area contributed by atoms with Crippen molar-refractivity contribution in [3.8, 4) is 0 Å². The van der Waals surface area contributed by atoms with E-state index < -0.39 is 0 Å². The molecule has 0 aromatic carbocycles. The van der Waals surface area contributed by atoms with Gasteiger partial charge in [0.1, 0.15) is 12.4 Å². The van der Waals surface area contributed by atoms with E-state index in [1.807, 2.05) is 0 Å². The van der Waals surface area contributed by atoms with E-state index in [4.69, 9.17) is 10.9 Å². The summed E-state index contributed by atoms with van der Waals surface area (Å²) in [7, 11) is 0. The zero-order chi connectivity index (χ0) is 10.4. The van der Waals surface area contributed by atoms with E-state index in [-0.39, 0.29) is 0 Å². The molecule has 3 heteroatoms. The molecule has 0 saturated heterocycles. The first-order valence-corrected chi connectivity index (χ1v) is 4.88. The molecule has 0 fully saturated rings. The molecule has 3 rings (SSSR count). The molecule has 3 aliphatic rings. The highest BCUT2D eigenvalue weighted by Gasteiger charge is 2.29. The lowest BCUT2D eigenvalue weighted by molar-refractivity contribution is 0.196. The van der Waals surface area contributed by atoms with Crippen molar-refractivity contribution >= 4 is 0 Å². The van der Waals surface area contributed by atoms with Crippen molar-refractivity contribution < 1.29 is 10.9 Å². The minimum absolute atomic E-state index is 0.574. The van der Waals surface area contributed by atoms with Crippen LogP contribution in [0.3, 0.4) is 0 Å². The molecule has 3 nitrogen and oxygen atoms in total. The molecule has 0 amide bonds. The topological polar surface area (TPSA) is 30.5 Å². The average Bonchev–Trinajstić information content (AvgIpc) is 2.68. The van der Waals surface area contributed by atoms with Gasteiger partial charge in [0.2, 0.25) is 0 Å². The van der Waals surface area contributed by atoms with Crippen molar-refractivity contribution in [2.24, 2.45) is 0 Å². The van der Waals surface area contributed by atoms with E-state index >= 15 is 0 Å². The molecule has 0 aromatic rings. The summed E-state index contributed by atoms with van der Waals surface area (Å²) in [5.74, 6) is 0.806. The van der Waals surface area contributed by atoms with Gasteiger partial charge in [-0.25, -0.2) is 0 Å². The first-order valence-electron chi connectivity index (χ1n) is 5.32. The Morgan fingerprint density at radius 1 is 1.43 bits per heavy atom. The van der Waals surface area contributed by atoms with E-state index in [0.29, 0.717) is 26.4 Å². The van der Waals surface area contributed by atoms with Crippen LogP contribution in [0.4, 0.5) is 0 Å². The predicted molar refractivity (Wildman–Crippen MR) is 52.6 cm³/mol. The Balaban J connectivity index is 2.01. The largest absolute Gasteiger partial charge is 0.489 e. The average molecular weight is 192 g/mol. The molecule has 1 aliphatic carbocycles. The van der Waals surface area contributed by atoms with Gasteiger partial charge in [-0.15, -0.1) is 0 Å². The van der Waals surface area contributed by atoms with Crippen LogP contribution in [0, 0.1) is 0 Å². The summed E-state index contributed by atoms with van der Waals surface area (Å²) in [6.45, 7) is 6.58. The first-order chi connectivity index (χ1) is 7.27. The molecular formula is C11H13NO2. The number of hydrogen-bond acceptors (Lipinski definition) is 3. The third kappa shape index (κ3) is 1.02. The molecule has 0 spiro atoms. The van der Waals surface area contributed by atoms with Crippen LogP contribution in [-0.2, 0) is 9.47 Å². The maximum Gasteiger partial charge on any atom is 0.160 e. The zero-order valence-corrected chi connectivity index (χ0v) is 8.01. The molecule has 74 valence electrons. The highest BCUT2D eigenvalue weighted by molar-refractivity contribution is 5.53. The third-order valence-electron chi connectivity index (χ3n) is 2.87. The van der Waals surface area contributed by atoms with E-state index in [2.05, 4.69) is 6.58 Å². The fourth-order valence-corrected chi connectivity index (χ4v) is 2.14. The molecular weight excluding hydrogens is 178 g/mol. The Kier molecular flexibility index (Phi) is 1.47. The fraction of sp³-hybridized carbons (Fsp3) is 0.455. The second kappa shape index (κ2) is 2.89. The van der Waals surface area contributed by atoms with Gasteiger partial charge in [0.15, 0.2) is 1.41 Å². The highest BCUT2D eigenvalue weighted by Crippen LogP contribution is 2.37. The van der Waals surface area contributed by atoms with Crippen molar-refractivity contribution in [2.45, 2.75) is 6.42 Å². The first kappa shape index (κ1) is 7.12. The fourth-order valence-electron chi connectivity index (χ4n) is 2.14. The van der Waals surface area contributed by atoms with Crippen LogP contribution in [0.5, 0.6) is 0 Å². The molecule has 2 aliphatic heterocycles. The van der Waals surface area contributed by atoms with Gasteiger partial charge >= 0.3 is 0 Å². The Hall–Kier alpha value is -1.22. The van der Waals surface area contributed by atoms with E-state index in [0.717, 1.165) is 23.5 Å². The Bertz CT molecular complexity index is 397. The van der Waals surface area contributed by atoms with Crippen molar-refractivity contribution in [2.75, 3.05) is 26.4 Å². The minimum Gasteiger partial charge on any atom is -0.489 e. The SMILES string of the molecule is [2H]N1CCOC2=C1CC1=C(COC1)C2=C. The monoisotopic (exact) mass is 192 g/mol. The Morgan fingerprint density at radius 2 is 2.36 bits per heavy atom. The van der Waals surface area contributed by atoms with Crippen LogP contribution < -0.4 is 5.31 Å². The van der Waals surface area contributed by atoms with Crippen LogP contribution in [0.2, 0.25) is 1.41 Å². The summed E-state index contributed by atoms with van der Waals surface area (Å²) in [5, 5.41) is 1.52. The molecule has 2 heterocycles. The normalized spacial score (nSPS) is 27.3. The summed E-state index contributed by atoms with van der Waals surface area (Å²) < 4.78 is 18.8. The summed E-state index contributed by atoms with van der Waals surface area (Å²) in [6.07, 6.45) is 0.785. The van der Waals surface area contributed by atoms with Crippen molar-refractivity contribution in [3.63, 3.8) is 0 Å². The van der Waals surface area contributed by atoms with Gasteiger partial charge in [-0.05, 0) is 11.1 Å². The van der Waals surface area contributed by atoms with E-state index in [1.54, 1.807) is 0 Å². The summed E-state index contributed by atoms with van der Waals surface area (Å²) >= 11 is 0. The highest BCUT2D eigenvalue weighted by atomic mass is 16.5. The van der Waals surface area contributed by atoms with Crippen LogP contribution in [0.25, 0.3) is 0 Å². The number of hydrogen-bond donors (Lipinski definition) is 1. The van der Waals surface area contributed by atoms with Crippen LogP contribution in [-0.4, -0.2) is 26.4 Å². The van der Waals surface area contributed by atoms with Crippen molar-refractivity contribution in [1.82, 2.24) is 5.31 Å². The van der Waals surface area contributed by atoms with Gasteiger partial charge in [0.05, 0.1) is 18.9 Å². The number of rotatable bonds is 0. The standard InChI is InChI=1S/C11H13NO2/c1-7-9-6-13-5-8(9)4-10-11(7)14-3-2-12-10/h12H,1-6H2/i/hD. The second-order valence-corrected chi connectivity index (χ2v) is 3.74. The molecule has 0 bridgehead atoms. The molecule has 0 unspecified atom stereocenters. The molecule has 0 atom stereocenters. The third-order valence-corrected chi connectivity index (χ3v) is 2.87. The van der Waals surface area contributed by atoms with Crippen molar-refractivity contribution in [3.05, 3.63) is 34.8 Å². The van der Waals surface area contributed by atoms with E-state index in [9.17, 15) is 0 Å². The van der Waals surface area contributed by atoms with Gasteiger partial charge in [0.25, 0.3) is 0 Å². The molecule has 0 radical (unpaired) electrons. The van der Waals surface area contributed by atoms with Crippen molar-refractivity contribution in [1.29, 1.82) is 0 Å². The van der Waals surface area contributed by atoms with Gasteiger partial charge in [-0.3, -0.25) is 0 Å². The van der Waals surface area contributed by atoms with E-state index in [1.165, 1.54) is 16.5 Å². The Labute approximate surface area is 84.5 Å². The van der Waals surface area contributed by atoms with Gasteiger partial charge in [-0.1, -0.05) is 6.58 Å².